The van der Waals surface area contributed by atoms with Crippen molar-refractivity contribution in [1.29, 1.82) is 0 Å². The van der Waals surface area contributed by atoms with Gasteiger partial charge in [-0.05, 0) is 6.42 Å². The van der Waals surface area contributed by atoms with Crippen molar-refractivity contribution in [3.8, 4) is 0 Å². The number of rotatable bonds is 9. The fourth-order valence-electron chi connectivity index (χ4n) is 1.63. The van der Waals surface area contributed by atoms with E-state index in [0.29, 0.717) is 12.3 Å². The fraction of sp³-hybridized carbons (Fsp3) is 0.615. The van der Waals surface area contributed by atoms with E-state index >= 15 is 0 Å². The second kappa shape index (κ2) is 8.58. The van der Waals surface area contributed by atoms with E-state index in [1.54, 1.807) is 0 Å². The van der Waals surface area contributed by atoms with Gasteiger partial charge in [0, 0.05) is 12.8 Å². The quantitative estimate of drug-likeness (QED) is 0.684. The Labute approximate surface area is 107 Å². The molecule has 0 amide bonds. The van der Waals surface area contributed by atoms with E-state index in [4.69, 9.17) is 9.84 Å². The molecule has 1 N–H and O–H groups in total. The first kappa shape index (κ1) is 14.6. The Bertz CT molecular complexity index is 369. The largest absolute Gasteiger partial charge is 0.478 e. The van der Waals surface area contributed by atoms with Crippen molar-refractivity contribution >= 4 is 5.97 Å². The number of ether oxygens (including phenoxy) is 1. The SMILES string of the molecule is CCCCCCCOCc1ncncc1C(=O)O. The van der Waals surface area contributed by atoms with E-state index in [9.17, 15) is 4.79 Å². The molecule has 0 saturated carbocycles. The van der Waals surface area contributed by atoms with Crippen LogP contribution in [-0.4, -0.2) is 27.7 Å². The van der Waals surface area contributed by atoms with Crippen LogP contribution in [0.5, 0.6) is 0 Å². The number of hydrogen-bond donors (Lipinski definition) is 1. The molecule has 0 aliphatic heterocycles. The minimum absolute atomic E-state index is 0.114. The van der Waals surface area contributed by atoms with Crippen molar-refractivity contribution in [2.75, 3.05) is 6.61 Å². The fourth-order valence-corrected chi connectivity index (χ4v) is 1.63. The van der Waals surface area contributed by atoms with Crippen molar-refractivity contribution in [2.24, 2.45) is 0 Å². The Kier molecular flexibility index (Phi) is 6.94. The van der Waals surface area contributed by atoms with E-state index in [0.717, 1.165) is 12.8 Å². The van der Waals surface area contributed by atoms with Crippen LogP contribution in [0.2, 0.25) is 0 Å². The number of carboxylic acids is 1. The maximum Gasteiger partial charge on any atom is 0.339 e. The van der Waals surface area contributed by atoms with Gasteiger partial charge in [0.1, 0.15) is 11.9 Å². The molecule has 0 aromatic carbocycles. The zero-order chi connectivity index (χ0) is 13.2. The Morgan fingerprint density at radius 1 is 1.33 bits per heavy atom. The lowest BCUT2D eigenvalue weighted by molar-refractivity contribution is 0.0684. The molecule has 0 aliphatic carbocycles. The number of unbranched alkanes of at least 4 members (excludes halogenated alkanes) is 4. The third-order valence-electron chi connectivity index (χ3n) is 2.66. The number of nitrogens with zero attached hydrogens (tertiary/aromatic N) is 2. The molecule has 18 heavy (non-hydrogen) atoms. The first-order valence-corrected chi connectivity index (χ1v) is 6.35. The maximum absolute atomic E-state index is 10.9. The first-order chi connectivity index (χ1) is 8.75. The summed E-state index contributed by atoms with van der Waals surface area (Å²) >= 11 is 0. The highest BCUT2D eigenvalue weighted by molar-refractivity contribution is 5.88. The molecule has 1 rings (SSSR count). The van der Waals surface area contributed by atoms with Crippen LogP contribution in [0, 0.1) is 0 Å². The smallest absolute Gasteiger partial charge is 0.339 e. The molecule has 1 aromatic rings. The number of carbonyl (C=O) groups is 1. The molecule has 100 valence electrons. The Morgan fingerprint density at radius 3 is 2.83 bits per heavy atom. The third-order valence-corrected chi connectivity index (χ3v) is 2.66. The van der Waals surface area contributed by atoms with Crippen LogP contribution < -0.4 is 0 Å². The van der Waals surface area contributed by atoms with Gasteiger partial charge in [-0.25, -0.2) is 14.8 Å². The van der Waals surface area contributed by atoms with Gasteiger partial charge >= 0.3 is 5.97 Å². The first-order valence-electron chi connectivity index (χ1n) is 6.35. The minimum Gasteiger partial charge on any atom is -0.478 e. The zero-order valence-electron chi connectivity index (χ0n) is 10.8. The second-order valence-corrected chi connectivity index (χ2v) is 4.16. The van der Waals surface area contributed by atoms with Crippen LogP contribution in [0.4, 0.5) is 0 Å². The van der Waals surface area contributed by atoms with Crippen molar-refractivity contribution < 1.29 is 14.6 Å². The van der Waals surface area contributed by atoms with Crippen LogP contribution in [0.15, 0.2) is 12.5 Å². The summed E-state index contributed by atoms with van der Waals surface area (Å²) in [4.78, 5) is 18.5. The highest BCUT2D eigenvalue weighted by Crippen LogP contribution is 2.07. The van der Waals surface area contributed by atoms with E-state index in [2.05, 4.69) is 16.9 Å². The van der Waals surface area contributed by atoms with Crippen molar-refractivity contribution in [3.63, 3.8) is 0 Å². The van der Waals surface area contributed by atoms with Crippen LogP contribution in [0.3, 0.4) is 0 Å². The van der Waals surface area contributed by atoms with Gasteiger partial charge < -0.3 is 9.84 Å². The average Bonchev–Trinajstić information content (AvgIpc) is 2.38. The molecule has 0 aliphatic rings. The summed E-state index contributed by atoms with van der Waals surface area (Å²) < 4.78 is 5.44. The van der Waals surface area contributed by atoms with E-state index < -0.39 is 5.97 Å². The molecule has 5 nitrogen and oxygen atoms in total. The second-order valence-electron chi connectivity index (χ2n) is 4.16. The number of aromatic nitrogens is 2. The van der Waals surface area contributed by atoms with Gasteiger partial charge in [0.15, 0.2) is 0 Å². The third kappa shape index (κ3) is 5.23. The van der Waals surface area contributed by atoms with Gasteiger partial charge in [-0.2, -0.15) is 0 Å². The van der Waals surface area contributed by atoms with Gasteiger partial charge in [0.2, 0.25) is 0 Å². The molecule has 1 aromatic heterocycles. The number of carboxylic acid groups (broad SMARTS) is 1. The molecule has 5 heteroatoms. The number of aromatic carboxylic acids is 1. The molecule has 0 radical (unpaired) electrons. The summed E-state index contributed by atoms with van der Waals surface area (Å²) in [5.74, 6) is -1.02. The molecule has 0 saturated heterocycles. The molecule has 0 spiro atoms. The lowest BCUT2D eigenvalue weighted by Crippen LogP contribution is -2.07. The maximum atomic E-state index is 10.9. The van der Waals surface area contributed by atoms with Crippen LogP contribution >= 0.6 is 0 Å². The van der Waals surface area contributed by atoms with Gasteiger partial charge in [0.05, 0.1) is 12.3 Å². The molecular formula is C13H20N2O3. The Balaban J connectivity index is 2.25. The highest BCUT2D eigenvalue weighted by Gasteiger charge is 2.10. The lowest BCUT2D eigenvalue weighted by Gasteiger charge is -2.05. The van der Waals surface area contributed by atoms with Gasteiger partial charge in [-0.3, -0.25) is 0 Å². The summed E-state index contributed by atoms with van der Waals surface area (Å²) in [6.45, 7) is 3.06. The van der Waals surface area contributed by atoms with Gasteiger partial charge in [0.25, 0.3) is 0 Å². The minimum atomic E-state index is -1.02. The normalized spacial score (nSPS) is 10.5. The predicted molar refractivity (Wildman–Crippen MR) is 67.4 cm³/mol. The summed E-state index contributed by atoms with van der Waals surface area (Å²) in [6, 6.07) is 0. The molecule has 0 atom stereocenters. The topological polar surface area (TPSA) is 72.3 Å². The Hall–Kier alpha value is -1.49. The van der Waals surface area contributed by atoms with Gasteiger partial charge in [-0.15, -0.1) is 0 Å². The lowest BCUT2D eigenvalue weighted by atomic mass is 10.2. The monoisotopic (exact) mass is 252 g/mol. The van der Waals surface area contributed by atoms with Crippen LogP contribution in [0.1, 0.15) is 55.1 Å². The predicted octanol–water partition coefficient (Wildman–Crippen LogP) is 2.66. The van der Waals surface area contributed by atoms with E-state index in [1.807, 2.05) is 0 Å². The molecule has 0 unspecified atom stereocenters. The summed E-state index contributed by atoms with van der Waals surface area (Å²) in [6.07, 6.45) is 8.52. The molecule has 0 fully saturated rings. The van der Waals surface area contributed by atoms with Crippen LogP contribution in [0.25, 0.3) is 0 Å². The molecule has 0 bridgehead atoms. The van der Waals surface area contributed by atoms with Crippen molar-refractivity contribution in [1.82, 2.24) is 9.97 Å². The van der Waals surface area contributed by atoms with Crippen LogP contribution in [-0.2, 0) is 11.3 Å². The zero-order valence-corrected chi connectivity index (χ0v) is 10.8. The van der Waals surface area contributed by atoms with Crippen molar-refractivity contribution in [3.05, 3.63) is 23.8 Å². The highest BCUT2D eigenvalue weighted by atomic mass is 16.5. The average molecular weight is 252 g/mol. The Morgan fingerprint density at radius 2 is 2.11 bits per heavy atom. The van der Waals surface area contributed by atoms with Gasteiger partial charge in [-0.1, -0.05) is 32.6 Å². The molecule has 1 heterocycles. The van der Waals surface area contributed by atoms with E-state index in [1.165, 1.54) is 31.8 Å². The summed E-state index contributed by atoms with van der Waals surface area (Å²) in [5, 5.41) is 8.93. The summed E-state index contributed by atoms with van der Waals surface area (Å²) in [7, 11) is 0. The molecular weight excluding hydrogens is 232 g/mol. The summed E-state index contributed by atoms with van der Waals surface area (Å²) in [5.41, 5.74) is 0.551. The van der Waals surface area contributed by atoms with E-state index in [-0.39, 0.29) is 12.2 Å². The standard InChI is InChI=1S/C13H20N2O3/c1-2-3-4-5-6-7-18-9-12-11(13(16)17)8-14-10-15-12/h8,10H,2-7,9H2,1H3,(H,16,17). The van der Waals surface area contributed by atoms with Crippen molar-refractivity contribution in [2.45, 2.75) is 45.6 Å². The number of hydrogen-bond acceptors (Lipinski definition) is 4.